The smallest absolute Gasteiger partial charge is 0.218 e. The molecule has 100 valence electrons. The Bertz CT molecular complexity index is 388. The minimum Gasteiger partial charge on any atom is -0.396 e. The van der Waals surface area contributed by atoms with Crippen LogP contribution in [0.25, 0.3) is 0 Å². The molecule has 1 aromatic carbocycles. The highest BCUT2D eigenvalue weighted by Crippen LogP contribution is 2.27. The number of aryl methyl sites for hydroxylation is 1. The number of primary amides is 1. The Balaban J connectivity index is 2.67. The van der Waals surface area contributed by atoms with Gasteiger partial charge in [-0.15, -0.1) is 0 Å². The fourth-order valence-corrected chi connectivity index (χ4v) is 2.10. The summed E-state index contributed by atoms with van der Waals surface area (Å²) in [6, 6.07) is 7.80. The Morgan fingerprint density at radius 3 is 2.22 bits per heavy atom. The first-order valence-electron chi connectivity index (χ1n) is 5.76. The van der Waals surface area contributed by atoms with E-state index in [1.165, 1.54) is 0 Å². The Labute approximate surface area is 115 Å². The van der Waals surface area contributed by atoms with Gasteiger partial charge in [-0.05, 0) is 30.5 Å². The largest absolute Gasteiger partial charge is 0.396 e. The summed E-state index contributed by atoms with van der Waals surface area (Å²) in [4.78, 5) is 11.0. The Kier molecular flexibility index (Phi) is 5.78. The molecule has 0 unspecified atom stereocenters. The molecule has 1 aromatic rings. The van der Waals surface area contributed by atoms with Crippen molar-refractivity contribution in [3.05, 3.63) is 34.3 Å². The van der Waals surface area contributed by atoms with Crippen molar-refractivity contribution in [2.24, 2.45) is 11.1 Å². The van der Waals surface area contributed by atoms with Crippen LogP contribution in [0.2, 0.25) is 0 Å². The van der Waals surface area contributed by atoms with E-state index in [0.717, 1.165) is 10.0 Å². The normalized spacial score (nSPS) is 11.5. The van der Waals surface area contributed by atoms with Crippen molar-refractivity contribution < 1.29 is 15.0 Å². The maximum Gasteiger partial charge on any atom is 0.218 e. The van der Waals surface area contributed by atoms with Crippen molar-refractivity contribution in [1.82, 2.24) is 0 Å². The minimum absolute atomic E-state index is 0.00344. The summed E-state index contributed by atoms with van der Waals surface area (Å²) < 4.78 is 0.999. The van der Waals surface area contributed by atoms with Gasteiger partial charge in [-0.2, -0.15) is 0 Å². The number of nitrogens with two attached hydrogens (primary N) is 1. The third-order valence-electron chi connectivity index (χ3n) is 3.08. The molecule has 0 saturated heterocycles. The molecule has 4 nitrogen and oxygen atoms in total. The first-order valence-corrected chi connectivity index (χ1v) is 6.55. The molecule has 0 radical (unpaired) electrons. The monoisotopic (exact) mass is 315 g/mol. The molecule has 5 heteroatoms. The van der Waals surface area contributed by atoms with E-state index in [-0.39, 0.29) is 19.6 Å². The predicted octanol–water partition coefficient (Wildman–Crippen LogP) is 1.23. The van der Waals surface area contributed by atoms with Gasteiger partial charge in [-0.3, -0.25) is 4.79 Å². The van der Waals surface area contributed by atoms with Gasteiger partial charge in [0.15, 0.2) is 0 Å². The van der Waals surface area contributed by atoms with Crippen LogP contribution in [-0.4, -0.2) is 29.3 Å². The number of benzene rings is 1. The third kappa shape index (κ3) is 4.40. The van der Waals surface area contributed by atoms with Crippen LogP contribution in [0.3, 0.4) is 0 Å². The van der Waals surface area contributed by atoms with Crippen LogP contribution >= 0.6 is 15.9 Å². The summed E-state index contributed by atoms with van der Waals surface area (Å²) in [6.45, 7) is -0.494. The van der Waals surface area contributed by atoms with Gasteiger partial charge in [0, 0.05) is 16.3 Å². The van der Waals surface area contributed by atoms with E-state index in [9.17, 15) is 15.0 Å². The van der Waals surface area contributed by atoms with Crippen LogP contribution in [0.15, 0.2) is 28.7 Å². The van der Waals surface area contributed by atoms with Crippen molar-refractivity contribution in [3.8, 4) is 0 Å². The summed E-state index contributed by atoms with van der Waals surface area (Å²) in [6.07, 6.45) is 1.20. The van der Waals surface area contributed by atoms with E-state index in [4.69, 9.17) is 5.73 Å². The van der Waals surface area contributed by atoms with Crippen molar-refractivity contribution in [2.45, 2.75) is 19.3 Å². The number of carbonyl (C=O) groups is 1. The van der Waals surface area contributed by atoms with Crippen LogP contribution in [0.1, 0.15) is 18.4 Å². The van der Waals surface area contributed by atoms with Crippen molar-refractivity contribution >= 4 is 21.8 Å². The van der Waals surface area contributed by atoms with Crippen LogP contribution in [-0.2, 0) is 11.2 Å². The Morgan fingerprint density at radius 2 is 1.78 bits per heavy atom. The van der Waals surface area contributed by atoms with Gasteiger partial charge in [-0.25, -0.2) is 0 Å². The van der Waals surface area contributed by atoms with Gasteiger partial charge in [0.25, 0.3) is 0 Å². The number of aliphatic hydroxyl groups is 2. The summed E-state index contributed by atoms with van der Waals surface area (Å²) >= 11 is 3.35. The second-order valence-corrected chi connectivity index (χ2v) is 5.50. The summed E-state index contributed by atoms with van der Waals surface area (Å²) in [7, 11) is 0. The molecule has 0 aliphatic carbocycles. The molecule has 1 rings (SSSR count). The average Bonchev–Trinajstić information content (AvgIpc) is 2.36. The molecule has 4 N–H and O–H groups in total. The maximum absolute atomic E-state index is 11.0. The molecule has 0 aliphatic heterocycles. The van der Waals surface area contributed by atoms with Gasteiger partial charge in [-0.1, -0.05) is 28.1 Å². The van der Waals surface area contributed by atoms with E-state index in [0.29, 0.717) is 12.8 Å². The lowest BCUT2D eigenvalue weighted by Crippen LogP contribution is -2.35. The fourth-order valence-electron chi connectivity index (χ4n) is 1.84. The lowest BCUT2D eigenvalue weighted by Gasteiger charge is -2.28. The summed E-state index contributed by atoms with van der Waals surface area (Å²) in [5.74, 6) is -0.506. The molecule has 18 heavy (non-hydrogen) atoms. The highest BCUT2D eigenvalue weighted by atomic mass is 79.9. The molecule has 0 saturated carbocycles. The third-order valence-corrected chi connectivity index (χ3v) is 3.61. The van der Waals surface area contributed by atoms with Crippen LogP contribution in [0, 0.1) is 5.41 Å². The zero-order chi connectivity index (χ0) is 13.6. The van der Waals surface area contributed by atoms with Gasteiger partial charge in [0.2, 0.25) is 5.91 Å². The number of halogens is 1. The molecule has 0 heterocycles. The average molecular weight is 316 g/mol. The van der Waals surface area contributed by atoms with Gasteiger partial charge in [0.1, 0.15) is 0 Å². The molecule has 0 atom stereocenters. The topological polar surface area (TPSA) is 83.6 Å². The number of carbonyl (C=O) groups excluding carboxylic acids is 1. The van der Waals surface area contributed by atoms with Gasteiger partial charge >= 0.3 is 0 Å². The highest BCUT2D eigenvalue weighted by Gasteiger charge is 2.30. The second kappa shape index (κ2) is 6.87. The van der Waals surface area contributed by atoms with Crippen LogP contribution < -0.4 is 5.73 Å². The molecule has 0 aromatic heterocycles. The SMILES string of the molecule is NC(=O)CC(CO)(CO)CCc1ccc(Br)cc1. The molecule has 0 aliphatic rings. The molecule has 0 bridgehead atoms. The van der Waals surface area contributed by atoms with Gasteiger partial charge in [0.05, 0.1) is 13.2 Å². The minimum atomic E-state index is -0.821. The second-order valence-electron chi connectivity index (χ2n) is 4.59. The van der Waals surface area contributed by atoms with E-state index >= 15 is 0 Å². The number of hydrogen-bond acceptors (Lipinski definition) is 3. The Morgan fingerprint density at radius 1 is 1.22 bits per heavy atom. The van der Waals surface area contributed by atoms with Crippen molar-refractivity contribution in [3.63, 3.8) is 0 Å². The lowest BCUT2D eigenvalue weighted by atomic mass is 9.80. The zero-order valence-electron chi connectivity index (χ0n) is 10.1. The fraction of sp³-hybridized carbons (Fsp3) is 0.462. The van der Waals surface area contributed by atoms with Crippen molar-refractivity contribution in [2.75, 3.05) is 13.2 Å². The molecular weight excluding hydrogens is 298 g/mol. The van der Waals surface area contributed by atoms with Crippen molar-refractivity contribution in [1.29, 1.82) is 0 Å². The molecule has 0 fully saturated rings. The number of amides is 1. The van der Waals surface area contributed by atoms with E-state index in [2.05, 4.69) is 15.9 Å². The number of hydrogen-bond donors (Lipinski definition) is 3. The molecular formula is C13H18BrNO3. The van der Waals surface area contributed by atoms with E-state index in [1.54, 1.807) is 0 Å². The Hall–Kier alpha value is -0.910. The molecule has 1 amide bonds. The molecule has 0 spiro atoms. The lowest BCUT2D eigenvalue weighted by molar-refractivity contribution is -0.122. The zero-order valence-corrected chi connectivity index (χ0v) is 11.7. The first kappa shape index (κ1) is 15.1. The quantitative estimate of drug-likeness (QED) is 0.707. The van der Waals surface area contributed by atoms with Crippen LogP contribution in [0.5, 0.6) is 0 Å². The number of aliphatic hydroxyl groups excluding tert-OH is 2. The maximum atomic E-state index is 11.0. The van der Waals surface area contributed by atoms with E-state index in [1.807, 2.05) is 24.3 Å². The first-order chi connectivity index (χ1) is 8.51. The summed E-state index contributed by atoms with van der Waals surface area (Å²) in [5.41, 5.74) is 5.42. The highest BCUT2D eigenvalue weighted by molar-refractivity contribution is 9.10. The van der Waals surface area contributed by atoms with Gasteiger partial charge < -0.3 is 15.9 Å². The summed E-state index contributed by atoms with van der Waals surface area (Å²) in [5, 5.41) is 18.7. The predicted molar refractivity (Wildman–Crippen MR) is 72.9 cm³/mol. The number of rotatable bonds is 7. The van der Waals surface area contributed by atoms with E-state index < -0.39 is 11.3 Å². The van der Waals surface area contributed by atoms with Crippen LogP contribution in [0.4, 0.5) is 0 Å². The standard InChI is InChI=1S/C13H18BrNO3/c14-11-3-1-10(2-4-11)5-6-13(8-16,9-17)7-12(15)18/h1-4,16-17H,5-9H2,(H2,15,18).